The first-order chi connectivity index (χ1) is 16.0. The molecule has 1 aliphatic carbocycles. The van der Waals surface area contributed by atoms with Crippen LogP contribution < -0.4 is 21.7 Å². The van der Waals surface area contributed by atoms with Gasteiger partial charge in [-0.05, 0) is 31.1 Å². The van der Waals surface area contributed by atoms with Gasteiger partial charge < -0.3 is 20.1 Å². The van der Waals surface area contributed by atoms with Crippen molar-refractivity contribution in [2.24, 2.45) is 4.99 Å². The maximum atomic E-state index is 12.4. The largest absolute Gasteiger partial charge is 0.493 e. The number of rotatable bonds is 7. The number of imidazole rings is 1. The molecule has 0 bridgehead atoms. The van der Waals surface area contributed by atoms with Crippen molar-refractivity contribution in [3.63, 3.8) is 0 Å². The minimum absolute atomic E-state index is 0.169. The Hall–Kier alpha value is -3.77. The van der Waals surface area contributed by atoms with Crippen LogP contribution in [0.2, 0.25) is 0 Å². The zero-order valence-corrected chi connectivity index (χ0v) is 18.5. The van der Waals surface area contributed by atoms with Gasteiger partial charge in [-0.15, -0.1) is 11.3 Å². The summed E-state index contributed by atoms with van der Waals surface area (Å²) in [5.74, 6) is -0.432. The molecule has 0 unspecified atom stereocenters. The van der Waals surface area contributed by atoms with Gasteiger partial charge in [0.2, 0.25) is 5.88 Å². The maximum absolute atomic E-state index is 12.4. The summed E-state index contributed by atoms with van der Waals surface area (Å²) in [4.78, 5) is 39.6. The number of hydrogen-bond donors (Lipinski definition) is 4. The SMILES string of the molecule is COCCNC(=O)c1ccc(-c2cc(=NC3CC3)n3ncc(=Cc4[nH]c(=O)[nH]c4O)c3n2)s1. The molecule has 1 amide bonds. The average molecular weight is 468 g/mol. The minimum atomic E-state index is -0.511. The smallest absolute Gasteiger partial charge is 0.326 e. The summed E-state index contributed by atoms with van der Waals surface area (Å²) in [6, 6.07) is 5.73. The predicted octanol–water partition coefficient (Wildman–Crippen LogP) is 0.167. The van der Waals surface area contributed by atoms with Crippen LogP contribution >= 0.6 is 11.3 Å². The summed E-state index contributed by atoms with van der Waals surface area (Å²) in [5.41, 5.74) is 1.55. The minimum Gasteiger partial charge on any atom is -0.493 e. The van der Waals surface area contributed by atoms with Gasteiger partial charge in [0.25, 0.3) is 5.91 Å². The van der Waals surface area contributed by atoms with Gasteiger partial charge >= 0.3 is 5.69 Å². The highest BCUT2D eigenvalue weighted by atomic mass is 32.1. The number of methoxy groups -OCH3 is 1. The first kappa shape index (κ1) is 21.1. The highest BCUT2D eigenvalue weighted by Crippen LogP contribution is 2.27. The van der Waals surface area contributed by atoms with E-state index in [2.05, 4.69) is 20.4 Å². The number of ether oxygens (including phenoxy) is 1. The second-order valence-corrected chi connectivity index (χ2v) is 8.68. The Morgan fingerprint density at radius 3 is 3.00 bits per heavy atom. The molecule has 5 rings (SSSR count). The van der Waals surface area contributed by atoms with Crippen LogP contribution in [-0.2, 0) is 4.74 Å². The average Bonchev–Trinajstić information content (AvgIpc) is 3.18. The second-order valence-electron chi connectivity index (χ2n) is 7.59. The molecule has 4 heterocycles. The van der Waals surface area contributed by atoms with Gasteiger partial charge in [0.05, 0.1) is 34.3 Å². The molecule has 4 aromatic heterocycles. The molecule has 0 aliphatic heterocycles. The fourth-order valence-corrected chi connectivity index (χ4v) is 4.16. The third-order valence-corrected chi connectivity index (χ3v) is 6.16. The number of carbonyl (C=O) groups is 1. The van der Waals surface area contributed by atoms with Crippen molar-refractivity contribution < 1.29 is 14.6 Å². The third-order valence-electron chi connectivity index (χ3n) is 5.05. The summed E-state index contributed by atoms with van der Waals surface area (Å²) in [5, 5.41) is 17.7. The highest BCUT2D eigenvalue weighted by Gasteiger charge is 2.21. The molecule has 4 N–H and O–H groups in total. The Balaban J connectivity index is 1.59. The van der Waals surface area contributed by atoms with Crippen LogP contribution in [0.3, 0.4) is 0 Å². The van der Waals surface area contributed by atoms with Crippen LogP contribution in [0.25, 0.3) is 22.3 Å². The zero-order chi connectivity index (χ0) is 22.9. The van der Waals surface area contributed by atoms with Crippen molar-refractivity contribution in [3.05, 3.63) is 56.2 Å². The summed E-state index contributed by atoms with van der Waals surface area (Å²) in [6.45, 7) is 0.872. The number of nitrogens with zero attached hydrogens (tertiary/aromatic N) is 4. The Morgan fingerprint density at radius 2 is 2.27 bits per heavy atom. The molecule has 4 aromatic rings. The third kappa shape index (κ3) is 4.43. The molecule has 1 fully saturated rings. The number of carbonyl (C=O) groups excluding carboxylic acids is 1. The van der Waals surface area contributed by atoms with Crippen LogP contribution in [0, 0.1) is 0 Å². The first-order valence-electron chi connectivity index (χ1n) is 10.3. The highest BCUT2D eigenvalue weighted by molar-refractivity contribution is 7.17. The van der Waals surface area contributed by atoms with Crippen molar-refractivity contribution in [2.45, 2.75) is 18.9 Å². The van der Waals surface area contributed by atoms with Crippen molar-refractivity contribution in [1.29, 1.82) is 0 Å². The standard InChI is InChI=1S/C21H21N7O4S/c1-32-7-6-22-20(30)16-5-4-15(33-16)13-9-17(24-12-2-3-12)28-18(25-13)11(10-23-28)8-14-19(29)27-21(31)26-14/h4-5,8-10,12,29H,2-3,6-7H2,1H3,(H,22,30)(H2,26,27,31). The van der Waals surface area contributed by atoms with Crippen LogP contribution in [-0.4, -0.2) is 61.9 Å². The van der Waals surface area contributed by atoms with E-state index in [1.165, 1.54) is 11.3 Å². The van der Waals surface area contributed by atoms with Crippen molar-refractivity contribution in [2.75, 3.05) is 20.3 Å². The lowest BCUT2D eigenvalue weighted by molar-refractivity contribution is 0.0941. The second kappa shape index (κ2) is 8.64. The van der Waals surface area contributed by atoms with E-state index in [1.54, 1.807) is 30.0 Å². The van der Waals surface area contributed by atoms with E-state index in [0.29, 0.717) is 40.1 Å². The molecule has 0 saturated heterocycles. The number of H-pyrrole nitrogens is 2. The Bertz CT molecular complexity index is 1510. The van der Waals surface area contributed by atoms with Crippen LogP contribution in [0.5, 0.6) is 5.88 Å². The van der Waals surface area contributed by atoms with Gasteiger partial charge in [-0.3, -0.25) is 14.8 Å². The fraction of sp³-hybridized carbons (Fsp3) is 0.286. The topological polar surface area (TPSA) is 150 Å². The molecule has 12 heteroatoms. The number of fused-ring (bicyclic) bond motifs is 1. The molecular formula is C21H21N7O4S. The summed E-state index contributed by atoms with van der Waals surface area (Å²) < 4.78 is 6.61. The van der Waals surface area contributed by atoms with Crippen LogP contribution in [0.1, 0.15) is 28.2 Å². The van der Waals surface area contributed by atoms with Gasteiger partial charge in [-0.1, -0.05) is 0 Å². The molecule has 0 radical (unpaired) electrons. The maximum Gasteiger partial charge on any atom is 0.326 e. The molecule has 170 valence electrons. The van der Waals surface area contributed by atoms with Crippen molar-refractivity contribution in [3.8, 4) is 16.5 Å². The predicted molar refractivity (Wildman–Crippen MR) is 121 cm³/mol. The Kier molecular flexibility index (Phi) is 5.52. The number of nitrogens with one attached hydrogen (secondary N) is 3. The Morgan fingerprint density at radius 1 is 1.42 bits per heavy atom. The number of hydrogen-bond acceptors (Lipinski definition) is 8. The lowest BCUT2D eigenvalue weighted by Gasteiger charge is -2.02. The zero-order valence-electron chi connectivity index (χ0n) is 17.7. The molecule has 0 aromatic carbocycles. The molecule has 1 saturated carbocycles. The molecule has 0 atom stereocenters. The van der Waals surface area contributed by atoms with Gasteiger partial charge in [-0.25, -0.2) is 9.78 Å². The van der Waals surface area contributed by atoms with Gasteiger partial charge in [0.1, 0.15) is 5.69 Å². The number of aromatic amines is 2. The van der Waals surface area contributed by atoms with E-state index in [1.807, 2.05) is 12.1 Å². The van der Waals surface area contributed by atoms with E-state index < -0.39 is 5.69 Å². The van der Waals surface area contributed by atoms with E-state index in [9.17, 15) is 14.7 Å². The van der Waals surface area contributed by atoms with E-state index in [-0.39, 0.29) is 23.5 Å². The Labute approximate surface area is 190 Å². The molecule has 11 nitrogen and oxygen atoms in total. The number of thiophene rings is 1. The quantitative estimate of drug-likeness (QED) is 0.285. The van der Waals surface area contributed by atoms with E-state index in [0.717, 1.165) is 17.7 Å². The molecule has 1 aliphatic rings. The van der Waals surface area contributed by atoms with Crippen LogP contribution in [0.15, 0.2) is 34.2 Å². The normalized spacial score (nSPS) is 14.9. The van der Waals surface area contributed by atoms with Gasteiger partial charge in [0, 0.05) is 24.9 Å². The summed E-state index contributed by atoms with van der Waals surface area (Å²) >= 11 is 1.33. The van der Waals surface area contributed by atoms with E-state index in [4.69, 9.17) is 14.7 Å². The molecule has 33 heavy (non-hydrogen) atoms. The summed E-state index contributed by atoms with van der Waals surface area (Å²) in [7, 11) is 1.58. The number of aromatic nitrogens is 5. The molecule has 0 spiro atoms. The fourth-order valence-electron chi connectivity index (χ4n) is 3.27. The summed E-state index contributed by atoms with van der Waals surface area (Å²) in [6.07, 6.45) is 5.26. The first-order valence-corrected chi connectivity index (χ1v) is 11.2. The van der Waals surface area contributed by atoms with Crippen molar-refractivity contribution in [1.82, 2.24) is 29.9 Å². The molecular weight excluding hydrogens is 446 g/mol. The van der Waals surface area contributed by atoms with Crippen LogP contribution in [0.4, 0.5) is 0 Å². The number of aromatic hydroxyl groups is 1. The van der Waals surface area contributed by atoms with Gasteiger partial charge in [0.15, 0.2) is 11.1 Å². The monoisotopic (exact) mass is 467 g/mol. The van der Waals surface area contributed by atoms with E-state index >= 15 is 0 Å². The lowest BCUT2D eigenvalue weighted by Crippen LogP contribution is -2.26. The van der Waals surface area contributed by atoms with Crippen molar-refractivity contribution >= 4 is 29.0 Å². The van der Waals surface area contributed by atoms with Gasteiger partial charge in [-0.2, -0.15) is 9.61 Å². The lowest BCUT2D eigenvalue weighted by atomic mass is 10.3. The number of amides is 1.